The van der Waals surface area contributed by atoms with Crippen LogP contribution in [0, 0.1) is 5.82 Å². The third-order valence-electron chi connectivity index (χ3n) is 2.96. The fourth-order valence-corrected chi connectivity index (χ4v) is 2.05. The van der Waals surface area contributed by atoms with Gasteiger partial charge in [0.15, 0.2) is 0 Å². The predicted molar refractivity (Wildman–Crippen MR) is 76.6 cm³/mol. The number of carbonyl (C=O) groups excluding carboxylic acids is 1. The summed E-state index contributed by atoms with van der Waals surface area (Å²) in [5.74, 6) is -0.394. The van der Waals surface area contributed by atoms with Crippen molar-refractivity contribution in [1.82, 2.24) is 14.4 Å². The first-order valence-corrected chi connectivity index (χ1v) is 6.21. The number of aromatic nitrogens is 3. The first-order valence-electron chi connectivity index (χ1n) is 6.21. The van der Waals surface area contributed by atoms with Crippen molar-refractivity contribution in [2.24, 2.45) is 5.73 Å². The van der Waals surface area contributed by atoms with Gasteiger partial charge in [0.25, 0.3) is 0 Å². The zero-order chi connectivity index (χ0) is 14.8. The third kappa shape index (κ3) is 2.51. The Hall–Kier alpha value is -3.02. The Bertz CT molecular complexity index is 837. The molecule has 0 aliphatic heterocycles. The minimum absolute atomic E-state index is 0.324. The maximum atomic E-state index is 13.0. The molecule has 0 saturated carbocycles. The van der Waals surface area contributed by atoms with E-state index in [2.05, 4.69) is 9.97 Å². The second-order valence-electron chi connectivity index (χ2n) is 4.38. The zero-order valence-electron chi connectivity index (χ0n) is 10.9. The molecular formula is C15H11FN4O. The van der Waals surface area contributed by atoms with Gasteiger partial charge in [0.1, 0.15) is 5.82 Å². The molecule has 6 heteroatoms. The van der Waals surface area contributed by atoms with E-state index < -0.39 is 5.91 Å². The van der Waals surface area contributed by atoms with Crippen molar-refractivity contribution < 1.29 is 9.18 Å². The number of imidazole rings is 1. The molecule has 2 heterocycles. The molecule has 3 aromatic rings. The number of benzene rings is 1. The Kier molecular flexibility index (Phi) is 3.19. The highest BCUT2D eigenvalue weighted by Crippen LogP contribution is 2.25. The van der Waals surface area contributed by atoms with Crippen LogP contribution in [0.3, 0.4) is 0 Å². The van der Waals surface area contributed by atoms with Crippen molar-refractivity contribution in [3.05, 3.63) is 60.3 Å². The molecule has 0 unspecified atom stereocenters. The van der Waals surface area contributed by atoms with Crippen LogP contribution in [0.4, 0.5) is 4.39 Å². The molecule has 0 saturated heterocycles. The highest BCUT2D eigenvalue weighted by molar-refractivity contribution is 5.91. The zero-order valence-corrected chi connectivity index (χ0v) is 10.9. The topological polar surface area (TPSA) is 73.3 Å². The number of amides is 1. The predicted octanol–water partition coefficient (Wildman–Crippen LogP) is 2.03. The Morgan fingerprint density at radius 2 is 2.05 bits per heavy atom. The van der Waals surface area contributed by atoms with Crippen LogP contribution < -0.4 is 5.73 Å². The molecule has 2 aromatic heterocycles. The number of rotatable bonds is 3. The lowest BCUT2D eigenvalue weighted by Gasteiger charge is -2.00. The number of primary amides is 1. The van der Waals surface area contributed by atoms with Gasteiger partial charge in [-0.05, 0) is 36.4 Å². The second-order valence-corrected chi connectivity index (χ2v) is 4.38. The summed E-state index contributed by atoms with van der Waals surface area (Å²) in [6.45, 7) is 0. The van der Waals surface area contributed by atoms with E-state index in [1.807, 2.05) is 0 Å². The highest BCUT2D eigenvalue weighted by Gasteiger charge is 2.12. The van der Waals surface area contributed by atoms with Gasteiger partial charge >= 0.3 is 0 Å². The number of hydrogen-bond donors (Lipinski definition) is 1. The van der Waals surface area contributed by atoms with Gasteiger partial charge in [-0.1, -0.05) is 0 Å². The molecule has 5 nitrogen and oxygen atoms in total. The average Bonchev–Trinajstić information content (AvgIpc) is 2.84. The summed E-state index contributed by atoms with van der Waals surface area (Å²) in [4.78, 5) is 19.5. The van der Waals surface area contributed by atoms with Crippen LogP contribution >= 0.6 is 0 Å². The van der Waals surface area contributed by atoms with E-state index in [0.717, 1.165) is 5.56 Å². The molecule has 0 fully saturated rings. The molecule has 0 aliphatic rings. The van der Waals surface area contributed by atoms with Crippen molar-refractivity contribution in [2.45, 2.75) is 0 Å². The monoisotopic (exact) mass is 282 g/mol. The normalized spacial score (nSPS) is 11.3. The van der Waals surface area contributed by atoms with Gasteiger partial charge in [0.2, 0.25) is 11.7 Å². The molecule has 0 bridgehead atoms. The van der Waals surface area contributed by atoms with E-state index in [4.69, 9.17) is 5.73 Å². The molecule has 104 valence electrons. The lowest BCUT2D eigenvalue weighted by Crippen LogP contribution is -2.05. The van der Waals surface area contributed by atoms with Gasteiger partial charge in [-0.25, -0.2) is 14.4 Å². The summed E-state index contributed by atoms with van der Waals surface area (Å²) in [6.07, 6.45) is 6.23. The first-order chi connectivity index (χ1) is 10.1. The molecule has 21 heavy (non-hydrogen) atoms. The van der Waals surface area contributed by atoms with Gasteiger partial charge in [0.05, 0.1) is 11.4 Å². The number of halogens is 1. The Morgan fingerprint density at radius 1 is 1.29 bits per heavy atom. The van der Waals surface area contributed by atoms with Crippen LogP contribution in [0.5, 0.6) is 0 Å². The van der Waals surface area contributed by atoms with E-state index in [9.17, 15) is 9.18 Å². The van der Waals surface area contributed by atoms with Crippen molar-refractivity contribution >= 4 is 17.8 Å². The van der Waals surface area contributed by atoms with Gasteiger partial charge < -0.3 is 5.73 Å². The summed E-state index contributed by atoms with van der Waals surface area (Å²) in [7, 11) is 0. The number of carbonyl (C=O) groups is 1. The molecule has 1 aromatic carbocycles. The van der Waals surface area contributed by atoms with E-state index in [0.29, 0.717) is 17.2 Å². The van der Waals surface area contributed by atoms with Crippen molar-refractivity contribution in [2.75, 3.05) is 0 Å². The maximum Gasteiger partial charge on any atom is 0.241 e. The lowest BCUT2D eigenvalue weighted by atomic mass is 10.1. The van der Waals surface area contributed by atoms with Crippen LogP contribution in [0.25, 0.3) is 23.1 Å². The van der Waals surface area contributed by atoms with Crippen LogP contribution in [0.15, 0.2) is 48.8 Å². The van der Waals surface area contributed by atoms with E-state index in [1.54, 1.807) is 41.1 Å². The molecule has 0 atom stereocenters. The van der Waals surface area contributed by atoms with Crippen LogP contribution in [-0.4, -0.2) is 20.3 Å². The standard InChI is InChI=1S/C15H11FN4O/c16-11-4-2-10(3-5-11)14-12(6-7-13(17)21)20-9-1-8-18-15(20)19-14/h1-9H,(H2,17,21)/b7-6+. The first kappa shape index (κ1) is 13.0. The van der Waals surface area contributed by atoms with E-state index in [-0.39, 0.29) is 5.82 Å². The number of fused-ring (bicyclic) bond motifs is 1. The van der Waals surface area contributed by atoms with E-state index in [1.165, 1.54) is 18.2 Å². The Labute approximate surface area is 119 Å². The van der Waals surface area contributed by atoms with Crippen molar-refractivity contribution in [3.8, 4) is 11.3 Å². The van der Waals surface area contributed by atoms with Gasteiger partial charge in [-0.3, -0.25) is 9.20 Å². The van der Waals surface area contributed by atoms with Crippen molar-refractivity contribution in [3.63, 3.8) is 0 Å². The fraction of sp³-hybridized carbons (Fsp3) is 0. The van der Waals surface area contributed by atoms with Crippen LogP contribution in [0.2, 0.25) is 0 Å². The number of hydrogen-bond acceptors (Lipinski definition) is 3. The minimum atomic E-state index is -0.557. The smallest absolute Gasteiger partial charge is 0.241 e. The molecule has 0 spiro atoms. The maximum absolute atomic E-state index is 13.0. The van der Waals surface area contributed by atoms with Crippen LogP contribution in [0.1, 0.15) is 5.69 Å². The average molecular weight is 282 g/mol. The molecule has 0 aliphatic carbocycles. The number of nitrogens with zero attached hydrogens (tertiary/aromatic N) is 3. The van der Waals surface area contributed by atoms with E-state index >= 15 is 0 Å². The van der Waals surface area contributed by atoms with Crippen molar-refractivity contribution in [1.29, 1.82) is 0 Å². The van der Waals surface area contributed by atoms with Crippen LogP contribution in [-0.2, 0) is 4.79 Å². The Balaban J connectivity index is 2.23. The van der Waals surface area contributed by atoms with Gasteiger partial charge in [0, 0.05) is 24.0 Å². The summed E-state index contributed by atoms with van der Waals surface area (Å²) < 4.78 is 14.8. The lowest BCUT2D eigenvalue weighted by molar-refractivity contribution is -0.113. The summed E-state index contributed by atoms with van der Waals surface area (Å²) in [6, 6.07) is 7.71. The van der Waals surface area contributed by atoms with Gasteiger partial charge in [-0.2, -0.15) is 0 Å². The van der Waals surface area contributed by atoms with Gasteiger partial charge in [-0.15, -0.1) is 0 Å². The third-order valence-corrected chi connectivity index (χ3v) is 2.96. The molecular weight excluding hydrogens is 271 g/mol. The largest absolute Gasteiger partial charge is 0.366 e. The summed E-state index contributed by atoms with van der Waals surface area (Å²) >= 11 is 0. The highest BCUT2D eigenvalue weighted by atomic mass is 19.1. The summed E-state index contributed by atoms with van der Waals surface area (Å²) in [5.41, 5.74) is 7.13. The minimum Gasteiger partial charge on any atom is -0.366 e. The fourth-order valence-electron chi connectivity index (χ4n) is 2.05. The second kappa shape index (κ2) is 5.16. The molecule has 0 radical (unpaired) electrons. The Morgan fingerprint density at radius 3 is 2.76 bits per heavy atom. The SMILES string of the molecule is NC(=O)/C=C/c1c(-c2ccc(F)cc2)nc2ncccn12. The summed E-state index contributed by atoms with van der Waals surface area (Å²) in [5, 5.41) is 0. The molecule has 1 amide bonds. The molecule has 2 N–H and O–H groups in total. The quantitative estimate of drug-likeness (QED) is 0.747. The number of nitrogens with two attached hydrogens (primary N) is 1. The molecule has 3 rings (SSSR count).